The van der Waals surface area contributed by atoms with Gasteiger partial charge in [-0.3, -0.25) is 9.59 Å². The first-order chi connectivity index (χ1) is 29.0. The van der Waals surface area contributed by atoms with Gasteiger partial charge in [-0.2, -0.15) is 23.5 Å². The highest BCUT2D eigenvalue weighted by molar-refractivity contribution is 7.99. The quantitative estimate of drug-likeness (QED) is 0.155. The van der Waals surface area contributed by atoms with E-state index in [0.717, 1.165) is 65.2 Å². The fourth-order valence-electron chi connectivity index (χ4n) is 7.87. The van der Waals surface area contributed by atoms with Crippen molar-refractivity contribution in [3.05, 3.63) is 68.3 Å². The lowest BCUT2D eigenvalue weighted by Gasteiger charge is -2.32. The van der Waals surface area contributed by atoms with Crippen molar-refractivity contribution in [2.24, 2.45) is 11.8 Å². The largest absolute Gasteiger partial charge is 0.493 e. The highest BCUT2D eigenvalue weighted by Gasteiger charge is 2.29. The average molecular weight is 879 g/mol. The maximum Gasteiger partial charge on any atom is 0.261 e. The standard InChI is InChI=1S/2C21H27F2N3O3S/c2*1-26-5-2-13(17(23)10-26)11-29-14-8-16(22)20-18(9-14)24-19(25-21(20)27)12-30-15-3-6-28-7-4-15/h2*8-9,13,15,17H,2-7,10-12H2,1H3,(H,24,25,27)/t2*13-,17+/m10/s1. The van der Waals surface area contributed by atoms with Gasteiger partial charge in [0.2, 0.25) is 0 Å². The minimum atomic E-state index is -0.969. The predicted octanol–water partition coefficient (Wildman–Crippen LogP) is 6.29. The minimum Gasteiger partial charge on any atom is -0.493 e. The monoisotopic (exact) mass is 878 g/mol. The number of aromatic nitrogens is 4. The number of benzene rings is 2. The van der Waals surface area contributed by atoms with Crippen LogP contribution in [0, 0.1) is 23.5 Å². The van der Waals surface area contributed by atoms with E-state index in [-0.39, 0.29) is 58.4 Å². The normalized spacial score (nSPS) is 23.7. The molecule has 0 unspecified atom stereocenters. The number of rotatable bonds is 12. The molecule has 4 fully saturated rings. The molecule has 18 heteroatoms. The Morgan fingerprint density at radius 1 is 0.667 bits per heavy atom. The van der Waals surface area contributed by atoms with E-state index in [2.05, 4.69) is 19.9 Å². The Labute approximate surface area is 354 Å². The summed E-state index contributed by atoms with van der Waals surface area (Å²) in [5.74, 6) is 0.847. The highest BCUT2D eigenvalue weighted by Crippen LogP contribution is 2.29. The van der Waals surface area contributed by atoms with Gasteiger partial charge in [0, 0.05) is 86.1 Å². The number of halogens is 4. The third-order valence-electron chi connectivity index (χ3n) is 11.5. The van der Waals surface area contributed by atoms with Gasteiger partial charge in [-0.1, -0.05) is 0 Å². The van der Waals surface area contributed by atoms with Gasteiger partial charge < -0.3 is 38.7 Å². The summed E-state index contributed by atoms with van der Waals surface area (Å²) in [7, 11) is 3.78. The Morgan fingerprint density at radius 3 is 1.45 bits per heavy atom. The van der Waals surface area contributed by atoms with Gasteiger partial charge in [-0.25, -0.2) is 27.5 Å². The molecule has 4 atom stereocenters. The van der Waals surface area contributed by atoms with Crippen molar-refractivity contribution in [3.8, 4) is 11.5 Å². The molecule has 328 valence electrons. The second kappa shape index (κ2) is 21.1. The average Bonchev–Trinajstić information content (AvgIpc) is 3.22. The molecule has 2 N–H and O–H groups in total. The third kappa shape index (κ3) is 11.9. The fourth-order valence-corrected chi connectivity index (χ4v) is 9.98. The lowest BCUT2D eigenvalue weighted by Crippen LogP contribution is -2.41. The molecule has 0 radical (unpaired) electrons. The van der Waals surface area contributed by atoms with Crippen molar-refractivity contribution in [2.75, 3.05) is 79.9 Å². The van der Waals surface area contributed by atoms with Crippen molar-refractivity contribution in [1.82, 2.24) is 29.7 Å². The van der Waals surface area contributed by atoms with Crippen LogP contribution in [0.3, 0.4) is 0 Å². The lowest BCUT2D eigenvalue weighted by molar-refractivity contribution is 0.0693. The second-order valence-electron chi connectivity index (χ2n) is 16.1. The molecule has 60 heavy (non-hydrogen) atoms. The summed E-state index contributed by atoms with van der Waals surface area (Å²) in [5.41, 5.74) is -0.468. The Balaban J connectivity index is 0.000000181. The Bertz CT molecular complexity index is 2020. The number of alkyl halides is 2. The van der Waals surface area contributed by atoms with E-state index in [1.165, 1.54) is 12.1 Å². The predicted molar refractivity (Wildman–Crippen MR) is 227 cm³/mol. The van der Waals surface area contributed by atoms with Crippen LogP contribution in [0.4, 0.5) is 17.6 Å². The van der Waals surface area contributed by atoms with Gasteiger partial charge in [0.15, 0.2) is 0 Å². The molecule has 0 aliphatic carbocycles. The van der Waals surface area contributed by atoms with Gasteiger partial charge in [0.25, 0.3) is 11.1 Å². The van der Waals surface area contributed by atoms with Crippen molar-refractivity contribution in [2.45, 2.75) is 72.9 Å². The summed E-state index contributed by atoms with van der Waals surface area (Å²) in [4.78, 5) is 43.0. The Hall–Kier alpha value is -3.42. The number of nitrogens with one attached hydrogen (secondary N) is 2. The van der Waals surface area contributed by atoms with Crippen LogP contribution in [0.5, 0.6) is 11.5 Å². The summed E-state index contributed by atoms with van der Waals surface area (Å²) in [6.07, 6.45) is 3.35. The summed E-state index contributed by atoms with van der Waals surface area (Å²) < 4.78 is 79.7. The number of nitrogens with zero attached hydrogens (tertiary/aromatic N) is 4. The molecule has 6 heterocycles. The first kappa shape index (κ1) is 44.6. The third-order valence-corrected chi connectivity index (χ3v) is 14.3. The number of fused-ring (bicyclic) bond motifs is 2. The van der Waals surface area contributed by atoms with Crippen LogP contribution >= 0.6 is 23.5 Å². The van der Waals surface area contributed by atoms with Crippen molar-refractivity contribution in [1.29, 1.82) is 0 Å². The fraction of sp³-hybridized carbons (Fsp3) is 0.619. The number of H-pyrrole nitrogens is 2. The van der Waals surface area contributed by atoms with E-state index in [1.807, 2.05) is 23.9 Å². The molecule has 4 saturated heterocycles. The van der Waals surface area contributed by atoms with Gasteiger partial charge in [0.05, 0.1) is 35.8 Å². The van der Waals surface area contributed by atoms with Crippen LogP contribution in [0.2, 0.25) is 0 Å². The number of likely N-dealkylation sites (tertiary alicyclic amines) is 2. The molecule has 0 saturated carbocycles. The van der Waals surface area contributed by atoms with Crippen LogP contribution in [0.15, 0.2) is 33.9 Å². The minimum absolute atomic E-state index is 0.0789. The van der Waals surface area contributed by atoms with Crippen LogP contribution in [-0.2, 0) is 21.0 Å². The van der Waals surface area contributed by atoms with E-state index >= 15 is 0 Å². The van der Waals surface area contributed by atoms with Crippen LogP contribution in [0.1, 0.15) is 50.2 Å². The van der Waals surface area contributed by atoms with E-state index in [9.17, 15) is 27.2 Å². The highest BCUT2D eigenvalue weighted by atomic mass is 32.2. The van der Waals surface area contributed by atoms with Crippen LogP contribution < -0.4 is 20.6 Å². The molecule has 4 aliphatic heterocycles. The maximum absolute atomic E-state index is 14.6. The van der Waals surface area contributed by atoms with E-state index < -0.39 is 35.1 Å². The van der Waals surface area contributed by atoms with Crippen LogP contribution in [0.25, 0.3) is 21.8 Å². The molecule has 8 rings (SSSR count). The van der Waals surface area contributed by atoms with Gasteiger partial charge in [-0.05, 0) is 65.7 Å². The number of aromatic amines is 2. The van der Waals surface area contributed by atoms with Crippen molar-refractivity contribution < 1.29 is 36.5 Å². The maximum atomic E-state index is 14.6. The van der Waals surface area contributed by atoms with E-state index in [0.29, 0.717) is 59.6 Å². The SMILES string of the molecule is CN1CC[C@@H](COc2cc(F)c3c(=O)[nH]c(CSC4CCOCC4)nc3c2)[C@H](F)C1.CN1CC[C@H](COc2cc(F)c3c(=O)[nH]c(CSC4CCOCC4)nc3c2)[C@@H](F)C1. The zero-order valence-electron chi connectivity index (χ0n) is 34.1. The zero-order valence-corrected chi connectivity index (χ0v) is 35.7. The number of ether oxygens (including phenoxy) is 4. The molecular formula is C42H54F4N6O6S2. The van der Waals surface area contributed by atoms with Crippen molar-refractivity contribution >= 4 is 45.3 Å². The molecule has 12 nitrogen and oxygen atoms in total. The summed E-state index contributed by atoms with van der Waals surface area (Å²) in [5, 5.41) is 0.776. The van der Waals surface area contributed by atoms with E-state index in [1.54, 1.807) is 35.7 Å². The van der Waals surface area contributed by atoms with Gasteiger partial charge in [0.1, 0.15) is 57.9 Å². The summed E-state index contributed by atoms with van der Waals surface area (Å²) >= 11 is 3.44. The number of piperidine rings is 2. The lowest BCUT2D eigenvalue weighted by atomic mass is 9.96. The second-order valence-corrected chi connectivity index (χ2v) is 18.7. The molecule has 2 aromatic heterocycles. The zero-order chi connectivity index (χ0) is 42.2. The molecule has 4 aliphatic rings. The topological polar surface area (TPSA) is 135 Å². The molecule has 0 spiro atoms. The number of thioether (sulfide) groups is 2. The summed E-state index contributed by atoms with van der Waals surface area (Å²) in [6, 6.07) is 5.49. The first-order valence-electron chi connectivity index (χ1n) is 20.7. The van der Waals surface area contributed by atoms with E-state index in [4.69, 9.17) is 18.9 Å². The van der Waals surface area contributed by atoms with Gasteiger partial charge in [-0.15, -0.1) is 0 Å². The number of hydrogen-bond acceptors (Lipinski definition) is 12. The Kier molecular flexibility index (Phi) is 15.7. The summed E-state index contributed by atoms with van der Waals surface area (Å²) in [6.45, 7) is 5.74. The molecule has 2 aromatic carbocycles. The smallest absolute Gasteiger partial charge is 0.261 e. The van der Waals surface area contributed by atoms with Gasteiger partial charge >= 0.3 is 0 Å². The Morgan fingerprint density at radius 2 is 1.07 bits per heavy atom. The van der Waals surface area contributed by atoms with Crippen LogP contribution in [-0.4, -0.2) is 132 Å². The molecule has 0 amide bonds. The number of hydrogen-bond donors (Lipinski definition) is 2. The molecule has 4 aromatic rings. The molecular weight excluding hydrogens is 825 g/mol. The molecule has 0 bridgehead atoms. The first-order valence-corrected chi connectivity index (χ1v) is 22.8. The van der Waals surface area contributed by atoms with Crippen molar-refractivity contribution in [3.63, 3.8) is 0 Å².